The van der Waals surface area contributed by atoms with Gasteiger partial charge in [-0.05, 0) is 30.5 Å². The van der Waals surface area contributed by atoms with Crippen molar-refractivity contribution < 1.29 is 18.9 Å². The van der Waals surface area contributed by atoms with Gasteiger partial charge >= 0.3 is 0 Å². The normalized spacial score (nSPS) is 11.8. The van der Waals surface area contributed by atoms with Gasteiger partial charge in [0.2, 0.25) is 11.8 Å². The van der Waals surface area contributed by atoms with Crippen molar-refractivity contribution in [2.45, 2.75) is 39.8 Å². The molecular formula is C22H26FN3O4. The molecule has 8 heteroatoms. The van der Waals surface area contributed by atoms with Crippen LogP contribution in [0, 0.1) is 21.8 Å². The van der Waals surface area contributed by atoms with E-state index < -0.39 is 22.7 Å². The zero-order valence-electron chi connectivity index (χ0n) is 17.3. The molecule has 0 radical (unpaired) electrons. The van der Waals surface area contributed by atoms with Gasteiger partial charge in [0.1, 0.15) is 11.9 Å². The Kier molecular flexibility index (Phi) is 8.03. The van der Waals surface area contributed by atoms with E-state index in [1.165, 1.54) is 35.2 Å². The summed E-state index contributed by atoms with van der Waals surface area (Å²) in [7, 11) is 0. The molecule has 160 valence electrons. The molecule has 0 aliphatic carbocycles. The lowest BCUT2D eigenvalue weighted by molar-refractivity contribution is -0.385. The van der Waals surface area contributed by atoms with Crippen LogP contribution in [0.2, 0.25) is 0 Å². The molecule has 0 aliphatic heterocycles. The van der Waals surface area contributed by atoms with Gasteiger partial charge < -0.3 is 10.2 Å². The van der Waals surface area contributed by atoms with Crippen LogP contribution in [0.4, 0.5) is 10.1 Å². The molecule has 0 heterocycles. The lowest BCUT2D eigenvalue weighted by atomic mass is 10.1. The fraction of sp³-hybridized carbons (Fsp3) is 0.364. The van der Waals surface area contributed by atoms with E-state index in [1.54, 1.807) is 25.1 Å². The van der Waals surface area contributed by atoms with Crippen molar-refractivity contribution in [3.63, 3.8) is 0 Å². The number of carbonyl (C=O) groups excluding carboxylic acids is 2. The molecule has 0 saturated carbocycles. The van der Waals surface area contributed by atoms with Crippen molar-refractivity contribution in [3.8, 4) is 0 Å². The molecule has 0 fully saturated rings. The quantitative estimate of drug-likeness (QED) is 0.501. The Morgan fingerprint density at radius 2 is 1.73 bits per heavy atom. The number of carbonyl (C=O) groups is 2. The minimum Gasteiger partial charge on any atom is -0.354 e. The summed E-state index contributed by atoms with van der Waals surface area (Å²) in [5.41, 5.74) is 0.770. The van der Waals surface area contributed by atoms with Gasteiger partial charge in [0.05, 0.1) is 11.3 Å². The Hall–Kier alpha value is -3.29. The van der Waals surface area contributed by atoms with Crippen molar-refractivity contribution in [2.24, 2.45) is 5.92 Å². The lowest BCUT2D eigenvalue weighted by Crippen LogP contribution is -2.48. The summed E-state index contributed by atoms with van der Waals surface area (Å²) in [6.45, 7) is 6.07. The minimum absolute atomic E-state index is 0.0794. The van der Waals surface area contributed by atoms with Crippen molar-refractivity contribution >= 4 is 17.5 Å². The van der Waals surface area contributed by atoms with Gasteiger partial charge in [-0.1, -0.05) is 44.2 Å². The van der Waals surface area contributed by atoms with Crippen LogP contribution >= 0.6 is 0 Å². The monoisotopic (exact) mass is 415 g/mol. The highest BCUT2D eigenvalue weighted by molar-refractivity contribution is 5.88. The lowest BCUT2D eigenvalue weighted by Gasteiger charge is -2.29. The second kappa shape index (κ2) is 10.5. The molecule has 0 bridgehead atoms. The summed E-state index contributed by atoms with van der Waals surface area (Å²) in [5, 5.41) is 14.1. The first-order valence-electron chi connectivity index (χ1n) is 9.73. The van der Waals surface area contributed by atoms with Gasteiger partial charge in [0, 0.05) is 24.7 Å². The average Bonchev–Trinajstić information content (AvgIpc) is 2.71. The maximum atomic E-state index is 13.2. The Morgan fingerprint density at radius 3 is 2.33 bits per heavy atom. The van der Waals surface area contributed by atoms with Gasteiger partial charge in [-0.25, -0.2) is 4.39 Å². The SMILES string of the molecule is CC(C)CNC(=O)C(C)N(Cc1ccc(F)cc1)C(=O)Cc1ccccc1[N+](=O)[O-]. The third kappa shape index (κ3) is 6.37. The zero-order chi connectivity index (χ0) is 22.3. The summed E-state index contributed by atoms with van der Waals surface area (Å²) in [6.07, 6.45) is -0.222. The second-order valence-electron chi connectivity index (χ2n) is 7.53. The van der Waals surface area contributed by atoms with Crippen molar-refractivity contribution in [3.05, 3.63) is 75.6 Å². The molecule has 0 aromatic heterocycles. The molecule has 0 spiro atoms. The molecule has 1 unspecified atom stereocenters. The van der Waals surface area contributed by atoms with Crippen molar-refractivity contribution in [1.82, 2.24) is 10.2 Å². The molecule has 0 saturated heterocycles. The van der Waals surface area contributed by atoms with Crippen LogP contribution in [0.1, 0.15) is 31.9 Å². The van der Waals surface area contributed by atoms with Gasteiger partial charge in [-0.3, -0.25) is 19.7 Å². The van der Waals surface area contributed by atoms with Crippen LogP contribution in [-0.4, -0.2) is 34.2 Å². The molecule has 2 rings (SSSR count). The van der Waals surface area contributed by atoms with Crippen molar-refractivity contribution in [1.29, 1.82) is 0 Å². The first-order chi connectivity index (χ1) is 14.2. The summed E-state index contributed by atoms with van der Waals surface area (Å²) < 4.78 is 13.2. The highest BCUT2D eigenvalue weighted by Crippen LogP contribution is 2.20. The molecule has 1 atom stereocenters. The van der Waals surface area contributed by atoms with E-state index >= 15 is 0 Å². The number of para-hydroxylation sites is 1. The van der Waals surface area contributed by atoms with E-state index in [0.29, 0.717) is 12.1 Å². The number of nitrogens with one attached hydrogen (secondary N) is 1. The predicted molar refractivity (Wildman–Crippen MR) is 111 cm³/mol. The fourth-order valence-electron chi connectivity index (χ4n) is 2.92. The molecule has 30 heavy (non-hydrogen) atoms. The summed E-state index contributed by atoms with van der Waals surface area (Å²) in [5.74, 6) is -0.906. The predicted octanol–water partition coefficient (Wildman–Crippen LogP) is 3.47. The molecule has 2 amide bonds. The van der Waals surface area contributed by atoms with Crippen LogP contribution < -0.4 is 5.32 Å². The first kappa shape index (κ1) is 23.0. The van der Waals surface area contributed by atoms with Crippen molar-refractivity contribution in [2.75, 3.05) is 6.54 Å². The van der Waals surface area contributed by atoms with Gasteiger partial charge in [0.25, 0.3) is 5.69 Å². The third-order valence-electron chi connectivity index (χ3n) is 4.65. The fourth-order valence-corrected chi connectivity index (χ4v) is 2.92. The Bertz CT molecular complexity index is 900. The number of benzene rings is 2. The number of nitro benzene ring substituents is 1. The molecule has 7 nitrogen and oxygen atoms in total. The Balaban J connectivity index is 2.27. The molecule has 1 N–H and O–H groups in total. The topological polar surface area (TPSA) is 92.6 Å². The van der Waals surface area contributed by atoms with Crippen LogP contribution in [0.25, 0.3) is 0 Å². The number of nitrogens with zero attached hydrogens (tertiary/aromatic N) is 2. The van der Waals surface area contributed by atoms with E-state index in [2.05, 4.69) is 5.32 Å². The first-order valence-corrected chi connectivity index (χ1v) is 9.73. The smallest absolute Gasteiger partial charge is 0.273 e. The standard InChI is InChI=1S/C22H26FN3O4/c1-15(2)13-24-22(28)16(3)25(14-17-8-10-19(23)11-9-17)21(27)12-18-6-4-5-7-20(18)26(29)30/h4-11,15-16H,12-14H2,1-3H3,(H,24,28). The highest BCUT2D eigenvalue weighted by atomic mass is 19.1. The number of nitro groups is 1. The third-order valence-corrected chi connectivity index (χ3v) is 4.65. The van der Waals surface area contributed by atoms with E-state index in [0.717, 1.165) is 0 Å². The summed E-state index contributed by atoms with van der Waals surface area (Å²) in [6, 6.07) is 10.9. The number of rotatable bonds is 9. The molecular weight excluding hydrogens is 389 g/mol. The zero-order valence-corrected chi connectivity index (χ0v) is 17.3. The minimum atomic E-state index is -0.802. The highest BCUT2D eigenvalue weighted by Gasteiger charge is 2.28. The number of hydrogen-bond donors (Lipinski definition) is 1. The average molecular weight is 415 g/mol. The van der Waals surface area contributed by atoms with Gasteiger partial charge in [-0.15, -0.1) is 0 Å². The largest absolute Gasteiger partial charge is 0.354 e. The van der Waals surface area contributed by atoms with Crippen LogP contribution in [0.5, 0.6) is 0 Å². The summed E-state index contributed by atoms with van der Waals surface area (Å²) >= 11 is 0. The maximum absolute atomic E-state index is 13.2. The molecule has 2 aromatic rings. The van der Waals surface area contributed by atoms with Gasteiger partial charge in [-0.2, -0.15) is 0 Å². The number of hydrogen-bond acceptors (Lipinski definition) is 4. The molecule has 0 aliphatic rings. The van der Waals surface area contributed by atoms with Crippen LogP contribution in [-0.2, 0) is 22.6 Å². The molecule has 2 aromatic carbocycles. The van der Waals surface area contributed by atoms with Crippen LogP contribution in [0.15, 0.2) is 48.5 Å². The Morgan fingerprint density at radius 1 is 1.10 bits per heavy atom. The maximum Gasteiger partial charge on any atom is 0.273 e. The summed E-state index contributed by atoms with van der Waals surface area (Å²) in [4.78, 5) is 37.8. The van der Waals surface area contributed by atoms with E-state index in [4.69, 9.17) is 0 Å². The van der Waals surface area contributed by atoms with E-state index in [1.807, 2.05) is 13.8 Å². The second-order valence-corrected chi connectivity index (χ2v) is 7.53. The van der Waals surface area contributed by atoms with E-state index in [-0.39, 0.29) is 36.0 Å². The number of amides is 2. The Labute approximate surface area is 175 Å². The van der Waals surface area contributed by atoms with Gasteiger partial charge in [0.15, 0.2) is 0 Å². The van der Waals surface area contributed by atoms with E-state index in [9.17, 15) is 24.1 Å². The number of halogens is 1. The van der Waals surface area contributed by atoms with Crippen LogP contribution in [0.3, 0.4) is 0 Å².